The first-order chi connectivity index (χ1) is 15.8. The molecular weight excluding hydrogens is 436 g/mol. The molecule has 0 atom stereocenters. The molecule has 33 heavy (non-hydrogen) atoms. The van der Waals surface area contributed by atoms with Crippen LogP contribution < -0.4 is 0 Å². The molecule has 0 aromatic carbocycles. The van der Waals surface area contributed by atoms with E-state index in [1.165, 1.54) is 0 Å². The van der Waals surface area contributed by atoms with E-state index >= 15 is 0 Å². The molecule has 0 bridgehead atoms. The molecule has 0 aromatic heterocycles. The number of esters is 2. The summed E-state index contributed by atoms with van der Waals surface area (Å²) in [5.74, 6) is -1.81. The number of aliphatic hydroxyl groups excluding tert-OH is 2. The smallest absolute Gasteiger partial charge is 0.305 e. The highest BCUT2D eigenvalue weighted by Crippen LogP contribution is 2.08. The van der Waals surface area contributed by atoms with Crippen molar-refractivity contribution in [2.45, 2.75) is 96.3 Å². The minimum Gasteiger partial charge on any atom is -0.481 e. The van der Waals surface area contributed by atoms with Crippen LogP contribution in [0.5, 0.6) is 0 Å². The molecular formula is C23H42O10. The average molecular weight is 479 g/mol. The van der Waals surface area contributed by atoms with Crippen molar-refractivity contribution in [3.63, 3.8) is 0 Å². The second-order valence-corrected chi connectivity index (χ2v) is 7.56. The summed E-state index contributed by atoms with van der Waals surface area (Å²) in [6, 6.07) is 0. The van der Waals surface area contributed by atoms with Crippen LogP contribution in [0.1, 0.15) is 96.3 Å². The van der Waals surface area contributed by atoms with Gasteiger partial charge in [0.05, 0.1) is 26.4 Å². The number of carboxylic acids is 2. The lowest BCUT2D eigenvalue weighted by molar-refractivity contribution is -0.146. The Morgan fingerprint density at radius 3 is 1.30 bits per heavy atom. The summed E-state index contributed by atoms with van der Waals surface area (Å²) in [5.41, 5.74) is 0. The van der Waals surface area contributed by atoms with E-state index in [0.29, 0.717) is 51.7 Å². The molecule has 1 aliphatic heterocycles. The molecule has 1 saturated heterocycles. The lowest BCUT2D eigenvalue weighted by Crippen LogP contribution is -2.09. The largest absolute Gasteiger partial charge is 0.481 e. The van der Waals surface area contributed by atoms with E-state index in [-0.39, 0.29) is 38.0 Å². The van der Waals surface area contributed by atoms with Crippen molar-refractivity contribution in [1.29, 1.82) is 0 Å². The molecule has 0 unspecified atom stereocenters. The van der Waals surface area contributed by atoms with Crippen molar-refractivity contribution >= 4 is 23.9 Å². The molecule has 0 saturated carbocycles. The molecule has 1 rings (SSSR count). The fourth-order valence-corrected chi connectivity index (χ4v) is 2.70. The maximum Gasteiger partial charge on any atom is 0.305 e. The van der Waals surface area contributed by atoms with Gasteiger partial charge in [-0.15, -0.1) is 0 Å². The minimum atomic E-state index is -0.759. The van der Waals surface area contributed by atoms with Crippen LogP contribution >= 0.6 is 0 Å². The van der Waals surface area contributed by atoms with E-state index in [9.17, 15) is 19.2 Å². The minimum absolute atomic E-state index is 0.125. The molecule has 10 heteroatoms. The van der Waals surface area contributed by atoms with Crippen molar-refractivity contribution in [2.75, 3.05) is 26.4 Å². The second kappa shape index (κ2) is 26.1. The number of aliphatic carboxylic acids is 2. The van der Waals surface area contributed by atoms with Gasteiger partial charge in [-0.2, -0.15) is 0 Å². The zero-order valence-corrected chi connectivity index (χ0v) is 19.7. The maximum atomic E-state index is 11.2. The average Bonchev–Trinajstić information content (AvgIpc) is 2.77. The Hall–Kier alpha value is -2.20. The molecule has 1 fully saturated rings. The maximum absolute atomic E-state index is 11.2. The first kappa shape index (κ1) is 33.0. The predicted octanol–water partition coefficient (Wildman–Crippen LogP) is 3.06. The first-order valence-electron chi connectivity index (χ1n) is 11.8. The fourth-order valence-electron chi connectivity index (χ4n) is 2.70. The molecule has 0 aliphatic carbocycles. The van der Waals surface area contributed by atoms with Crippen LogP contribution in [0.4, 0.5) is 0 Å². The van der Waals surface area contributed by atoms with Gasteiger partial charge >= 0.3 is 23.9 Å². The summed E-state index contributed by atoms with van der Waals surface area (Å²) < 4.78 is 10.1. The van der Waals surface area contributed by atoms with E-state index in [0.717, 1.165) is 44.9 Å². The summed E-state index contributed by atoms with van der Waals surface area (Å²) in [6.07, 6.45) is 10.6. The normalized spacial score (nSPS) is 15.3. The Balaban J connectivity index is 0. The number of hydrogen-bond donors (Lipinski definition) is 4. The summed E-state index contributed by atoms with van der Waals surface area (Å²) in [4.78, 5) is 42.6. The highest BCUT2D eigenvalue weighted by Gasteiger charge is 2.07. The highest BCUT2D eigenvalue weighted by molar-refractivity contribution is 5.70. The lowest BCUT2D eigenvalue weighted by atomic mass is 10.1. The van der Waals surface area contributed by atoms with Gasteiger partial charge < -0.3 is 29.9 Å². The zero-order chi connectivity index (χ0) is 25.2. The van der Waals surface area contributed by atoms with E-state index in [1.807, 2.05) is 0 Å². The molecule has 194 valence electrons. The summed E-state index contributed by atoms with van der Waals surface area (Å²) in [6.45, 7) is 0.803. The quantitative estimate of drug-likeness (QED) is 0.285. The van der Waals surface area contributed by atoms with Crippen molar-refractivity contribution in [1.82, 2.24) is 0 Å². The van der Waals surface area contributed by atoms with E-state index < -0.39 is 11.9 Å². The van der Waals surface area contributed by atoms with Gasteiger partial charge in [-0.05, 0) is 51.4 Å². The number of unbranched alkanes of at least 4 members (excludes halogenated alkanes) is 4. The monoisotopic (exact) mass is 478 g/mol. The molecule has 1 aliphatic rings. The van der Waals surface area contributed by atoms with Crippen molar-refractivity contribution < 1.29 is 49.1 Å². The topological polar surface area (TPSA) is 168 Å². The number of aliphatic hydroxyl groups is 2. The summed E-state index contributed by atoms with van der Waals surface area (Å²) in [7, 11) is 0. The molecule has 10 nitrogen and oxygen atoms in total. The van der Waals surface area contributed by atoms with E-state index in [2.05, 4.69) is 0 Å². The SMILES string of the molecule is O=C(O)CCCCCCCC(=O)O.O=C1CCCCC(=O)OCCCCCCO1.OCCO. The van der Waals surface area contributed by atoms with Crippen molar-refractivity contribution in [2.24, 2.45) is 0 Å². The van der Waals surface area contributed by atoms with Crippen LogP contribution in [0.25, 0.3) is 0 Å². The second-order valence-electron chi connectivity index (χ2n) is 7.56. The Morgan fingerprint density at radius 2 is 0.970 bits per heavy atom. The number of rotatable bonds is 9. The Bertz CT molecular complexity index is 463. The molecule has 4 N–H and O–H groups in total. The number of carbonyl (C=O) groups excluding carboxylic acids is 2. The number of carbonyl (C=O) groups is 4. The summed E-state index contributed by atoms with van der Waals surface area (Å²) >= 11 is 0. The molecule has 0 spiro atoms. The molecule has 1 heterocycles. The number of carboxylic acid groups (broad SMARTS) is 2. The van der Waals surface area contributed by atoms with Crippen molar-refractivity contribution in [3.8, 4) is 0 Å². The van der Waals surface area contributed by atoms with Gasteiger partial charge in [-0.3, -0.25) is 19.2 Å². The zero-order valence-electron chi connectivity index (χ0n) is 19.7. The van der Waals surface area contributed by atoms with Gasteiger partial charge in [0, 0.05) is 25.7 Å². The van der Waals surface area contributed by atoms with E-state index in [4.69, 9.17) is 29.9 Å². The van der Waals surface area contributed by atoms with Crippen LogP contribution in [-0.4, -0.2) is 70.7 Å². The number of hydrogen-bond acceptors (Lipinski definition) is 8. The standard InChI is InChI=1S/C12H20O4.C9H16O4.C2H6O2/c13-11-7-3-4-8-12(14)16-10-6-2-1-5-9-15-11;10-8(11)6-4-2-1-3-5-7-9(12)13;3-1-2-4/h1-10H2;1-7H2,(H,10,11)(H,12,13);3-4H,1-2H2. The lowest BCUT2D eigenvalue weighted by Gasteiger charge is -2.07. The van der Waals surface area contributed by atoms with Gasteiger partial charge in [0.2, 0.25) is 0 Å². The predicted molar refractivity (Wildman–Crippen MR) is 121 cm³/mol. The third kappa shape index (κ3) is 32.1. The van der Waals surface area contributed by atoms with Crippen LogP contribution in [0.3, 0.4) is 0 Å². The van der Waals surface area contributed by atoms with Gasteiger partial charge in [-0.25, -0.2) is 0 Å². The van der Waals surface area contributed by atoms with Gasteiger partial charge in [0.1, 0.15) is 0 Å². The summed E-state index contributed by atoms with van der Waals surface area (Å²) in [5, 5.41) is 31.9. The fraction of sp³-hybridized carbons (Fsp3) is 0.826. The number of ether oxygens (including phenoxy) is 2. The third-order valence-electron chi connectivity index (χ3n) is 4.46. The van der Waals surface area contributed by atoms with Crippen LogP contribution in [-0.2, 0) is 28.7 Å². The molecule has 0 aromatic rings. The van der Waals surface area contributed by atoms with Gasteiger partial charge in [0.25, 0.3) is 0 Å². The first-order valence-corrected chi connectivity index (χ1v) is 11.8. The van der Waals surface area contributed by atoms with E-state index in [1.54, 1.807) is 0 Å². The van der Waals surface area contributed by atoms with Gasteiger partial charge in [-0.1, -0.05) is 19.3 Å². The Labute approximate surface area is 196 Å². The molecule has 0 radical (unpaired) electrons. The molecule has 0 amide bonds. The third-order valence-corrected chi connectivity index (χ3v) is 4.46. The van der Waals surface area contributed by atoms with Crippen LogP contribution in [0.15, 0.2) is 0 Å². The highest BCUT2D eigenvalue weighted by atomic mass is 16.5. The van der Waals surface area contributed by atoms with Gasteiger partial charge in [0.15, 0.2) is 0 Å². The Kier molecular flexibility index (Phi) is 26.0. The van der Waals surface area contributed by atoms with Crippen LogP contribution in [0, 0.1) is 0 Å². The van der Waals surface area contributed by atoms with Crippen molar-refractivity contribution in [3.05, 3.63) is 0 Å². The number of cyclic esters (lactones) is 2. The Morgan fingerprint density at radius 1 is 0.606 bits per heavy atom. The van der Waals surface area contributed by atoms with Crippen LogP contribution in [0.2, 0.25) is 0 Å².